The molecule has 76 valence electrons. The van der Waals surface area contributed by atoms with Crippen molar-refractivity contribution in [1.82, 2.24) is 9.55 Å². The highest BCUT2D eigenvalue weighted by atomic mass is 32.2. The van der Waals surface area contributed by atoms with Crippen LogP contribution in [-0.4, -0.2) is 15.3 Å². The lowest BCUT2D eigenvalue weighted by atomic mass is 10.2. The molecule has 0 spiro atoms. The fourth-order valence-electron chi connectivity index (χ4n) is 1.97. The number of rotatable bonds is 0. The monoisotopic (exact) mass is 218 g/mol. The molecule has 2 heterocycles. The van der Waals surface area contributed by atoms with E-state index in [9.17, 15) is 4.79 Å². The van der Waals surface area contributed by atoms with Gasteiger partial charge in [0.1, 0.15) is 0 Å². The average Bonchev–Trinajstić information content (AvgIpc) is 2.61. The van der Waals surface area contributed by atoms with E-state index in [0.717, 1.165) is 21.8 Å². The third-order valence-electron chi connectivity index (χ3n) is 2.69. The zero-order valence-corrected chi connectivity index (χ0v) is 9.12. The maximum absolute atomic E-state index is 11.7. The third kappa shape index (κ3) is 1.21. The summed E-state index contributed by atoms with van der Waals surface area (Å²) in [5.74, 6) is 1.00. The van der Waals surface area contributed by atoms with Crippen molar-refractivity contribution in [2.75, 3.05) is 5.75 Å². The Balaban J connectivity index is 2.51. The summed E-state index contributed by atoms with van der Waals surface area (Å²) in [6.45, 7) is 2.15. The van der Waals surface area contributed by atoms with E-state index in [1.807, 2.05) is 24.3 Å². The normalized spacial score (nSPS) is 19.4. The number of hydrogen-bond donors (Lipinski definition) is 0. The number of benzene rings is 1. The first kappa shape index (κ1) is 8.97. The van der Waals surface area contributed by atoms with Crippen molar-refractivity contribution in [3.8, 4) is 0 Å². The molecule has 1 atom stereocenters. The zero-order valence-electron chi connectivity index (χ0n) is 8.30. The lowest BCUT2D eigenvalue weighted by molar-refractivity contribution is 0.584. The molecule has 0 aliphatic carbocycles. The molecule has 0 amide bonds. The number of fused-ring (bicyclic) bond motifs is 3. The second-order valence-electron chi connectivity index (χ2n) is 3.75. The van der Waals surface area contributed by atoms with Crippen molar-refractivity contribution in [3.05, 3.63) is 34.6 Å². The van der Waals surface area contributed by atoms with Crippen LogP contribution in [0.5, 0.6) is 0 Å². The Hall–Kier alpha value is -1.29. The first-order valence-corrected chi connectivity index (χ1v) is 5.90. The Labute approximate surface area is 91.1 Å². The summed E-state index contributed by atoms with van der Waals surface area (Å²) in [5.41, 5.74) is 0.892. The van der Waals surface area contributed by atoms with Gasteiger partial charge in [0.05, 0.1) is 10.9 Å². The predicted molar refractivity (Wildman–Crippen MR) is 61.4 cm³/mol. The van der Waals surface area contributed by atoms with Gasteiger partial charge in [0.25, 0.3) is 5.56 Å². The fraction of sp³-hybridized carbons (Fsp3) is 0.273. The first-order valence-electron chi connectivity index (χ1n) is 4.91. The first-order chi connectivity index (χ1) is 7.27. The Morgan fingerprint density at radius 2 is 2.27 bits per heavy atom. The minimum atomic E-state index is -0.113. The summed E-state index contributed by atoms with van der Waals surface area (Å²) in [7, 11) is 0. The molecule has 3 rings (SSSR count). The third-order valence-corrected chi connectivity index (χ3v) is 3.89. The van der Waals surface area contributed by atoms with Crippen molar-refractivity contribution in [3.63, 3.8) is 0 Å². The summed E-state index contributed by atoms with van der Waals surface area (Å²) >= 11 is 1.66. The van der Waals surface area contributed by atoms with E-state index < -0.39 is 0 Å². The quantitative estimate of drug-likeness (QED) is 0.635. The van der Waals surface area contributed by atoms with Crippen LogP contribution in [0.3, 0.4) is 0 Å². The summed E-state index contributed by atoms with van der Waals surface area (Å²) in [5, 5.41) is 1.57. The molecule has 1 unspecified atom stereocenters. The summed E-state index contributed by atoms with van der Waals surface area (Å²) < 4.78 is 2.15. The summed E-state index contributed by atoms with van der Waals surface area (Å²) in [6, 6.07) is 8.09. The van der Waals surface area contributed by atoms with Crippen LogP contribution in [0.4, 0.5) is 0 Å². The molecule has 0 saturated heterocycles. The minimum absolute atomic E-state index is 0.113. The topological polar surface area (TPSA) is 34.9 Å². The molecule has 1 aliphatic heterocycles. The summed E-state index contributed by atoms with van der Waals surface area (Å²) in [6.07, 6.45) is 0. The van der Waals surface area contributed by atoms with E-state index in [-0.39, 0.29) is 5.56 Å². The van der Waals surface area contributed by atoms with Crippen LogP contribution < -0.4 is 5.56 Å². The molecule has 0 N–H and O–H groups in total. The summed E-state index contributed by atoms with van der Waals surface area (Å²) in [4.78, 5) is 15.8. The van der Waals surface area contributed by atoms with Crippen molar-refractivity contribution >= 4 is 22.7 Å². The second-order valence-corrected chi connectivity index (χ2v) is 4.73. The zero-order chi connectivity index (χ0) is 10.4. The smallest absolute Gasteiger partial charge is 0.281 e. The van der Waals surface area contributed by atoms with Crippen LogP contribution in [0.1, 0.15) is 13.0 Å². The van der Waals surface area contributed by atoms with Gasteiger partial charge >= 0.3 is 0 Å². The molecular weight excluding hydrogens is 208 g/mol. The van der Waals surface area contributed by atoms with Crippen molar-refractivity contribution in [2.24, 2.45) is 0 Å². The van der Waals surface area contributed by atoms with Crippen LogP contribution in [0.25, 0.3) is 10.9 Å². The molecule has 0 saturated carbocycles. The molecule has 0 radical (unpaired) electrons. The average molecular weight is 218 g/mol. The highest BCUT2D eigenvalue weighted by Crippen LogP contribution is 2.33. The van der Waals surface area contributed by atoms with E-state index in [2.05, 4.69) is 16.5 Å². The molecule has 0 bridgehead atoms. The number of para-hydroxylation sites is 1. The molecule has 0 fully saturated rings. The lowest BCUT2D eigenvalue weighted by Crippen LogP contribution is -2.14. The predicted octanol–water partition coefficient (Wildman–Crippen LogP) is 2.06. The molecule has 1 aliphatic rings. The minimum Gasteiger partial charge on any atom is -0.316 e. The second kappa shape index (κ2) is 3.10. The lowest BCUT2D eigenvalue weighted by Gasteiger charge is -2.11. The Morgan fingerprint density at radius 1 is 1.47 bits per heavy atom. The van der Waals surface area contributed by atoms with E-state index in [0.29, 0.717) is 6.04 Å². The molecule has 15 heavy (non-hydrogen) atoms. The number of aromatic nitrogens is 2. The largest absolute Gasteiger partial charge is 0.316 e. The number of hydrogen-bond acceptors (Lipinski definition) is 3. The maximum atomic E-state index is 11.7. The Morgan fingerprint density at radius 3 is 3.13 bits per heavy atom. The molecule has 3 nitrogen and oxygen atoms in total. The van der Waals surface area contributed by atoms with Gasteiger partial charge in [0.2, 0.25) is 0 Å². The maximum Gasteiger partial charge on any atom is 0.281 e. The standard InChI is InChI=1S/C11H10N2OS/c1-7-6-15-11-12-10(14)8-4-2-3-5-9(8)13(7)11/h2-5,7H,6H2,1H3. The van der Waals surface area contributed by atoms with Gasteiger partial charge in [-0.25, -0.2) is 0 Å². The van der Waals surface area contributed by atoms with Crippen molar-refractivity contribution in [1.29, 1.82) is 0 Å². The Kier molecular flexibility index (Phi) is 1.85. The highest BCUT2D eigenvalue weighted by Gasteiger charge is 2.21. The van der Waals surface area contributed by atoms with E-state index in [1.54, 1.807) is 11.8 Å². The van der Waals surface area contributed by atoms with Crippen LogP contribution in [-0.2, 0) is 0 Å². The highest BCUT2D eigenvalue weighted by molar-refractivity contribution is 7.99. The van der Waals surface area contributed by atoms with E-state index >= 15 is 0 Å². The van der Waals surface area contributed by atoms with Gasteiger partial charge < -0.3 is 4.57 Å². The molecular formula is C11H10N2OS. The molecule has 2 aromatic rings. The fourth-order valence-corrected chi connectivity index (χ4v) is 3.07. The van der Waals surface area contributed by atoms with Gasteiger partial charge in [-0.3, -0.25) is 4.79 Å². The van der Waals surface area contributed by atoms with E-state index in [1.165, 1.54) is 0 Å². The van der Waals surface area contributed by atoms with E-state index in [4.69, 9.17) is 0 Å². The van der Waals surface area contributed by atoms with Gasteiger partial charge in [0.15, 0.2) is 5.16 Å². The molecule has 1 aromatic carbocycles. The van der Waals surface area contributed by atoms with Crippen molar-refractivity contribution in [2.45, 2.75) is 18.1 Å². The van der Waals surface area contributed by atoms with Gasteiger partial charge in [0, 0.05) is 11.8 Å². The SMILES string of the molecule is CC1CSc2nc(=O)c3ccccc3n21. The van der Waals surface area contributed by atoms with Crippen LogP contribution in [0.15, 0.2) is 34.2 Å². The van der Waals surface area contributed by atoms with Gasteiger partial charge in [-0.15, -0.1) is 0 Å². The van der Waals surface area contributed by atoms with Gasteiger partial charge in [-0.1, -0.05) is 23.9 Å². The van der Waals surface area contributed by atoms with Crippen LogP contribution in [0.2, 0.25) is 0 Å². The number of thioether (sulfide) groups is 1. The van der Waals surface area contributed by atoms with Gasteiger partial charge in [-0.2, -0.15) is 4.98 Å². The van der Waals surface area contributed by atoms with Crippen LogP contribution >= 0.6 is 11.8 Å². The van der Waals surface area contributed by atoms with Gasteiger partial charge in [-0.05, 0) is 19.1 Å². The Bertz CT molecular complexity index is 591. The molecule has 4 heteroatoms. The number of nitrogens with zero attached hydrogens (tertiary/aromatic N) is 2. The van der Waals surface area contributed by atoms with Crippen LogP contribution in [0, 0.1) is 0 Å². The molecule has 1 aromatic heterocycles. The van der Waals surface area contributed by atoms with Crippen molar-refractivity contribution < 1.29 is 0 Å².